The van der Waals surface area contributed by atoms with Gasteiger partial charge in [-0.2, -0.15) is 0 Å². The first kappa shape index (κ1) is 16.3. The molecule has 2 aromatic rings. The van der Waals surface area contributed by atoms with Gasteiger partial charge in [0.2, 0.25) is 5.91 Å². The smallest absolute Gasteiger partial charge is 0.339 e. The highest BCUT2D eigenvalue weighted by molar-refractivity contribution is 6.33. The number of methoxy groups -OCH3 is 1. The Labute approximate surface area is 144 Å². The minimum absolute atomic E-state index is 0.164. The van der Waals surface area contributed by atoms with Gasteiger partial charge in [-0.25, -0.2) is 4.79 Å². The van der Waals surface area contributed by atoms with Crippen molar-refractivity contribution in [2.45, 2.75) is 6.42 Å². The van der Waals surface area contributed by atoms with Gasteiger partial charge in [-0.3, -0.25) is 4.79 Å². The zero-order valence-corrected chi connectivity index (χ0v) is 13.8. The second-order valence-corrected chi connectivity index (χ2v) is 5.90. The highest BCUT2D eigenvalue weighted by Crippen LogP contribution is 2.28. The van der Waals surface area contributed by atoms with E-state index in [4.69, 9.17) is 16.3 Å². The van der Waals surface area contributed by atoms with E-state index in [0.717, 1.165) is 11.3 Å². The summed E-state index contributed by atoms with van der Waals surface area (Å²) < 4.78 is 10.3. The molecule has 0 radical (unpaired) electrons. The van der Waals surface area contributed by atoms with E-state index in [1.54, 1.807) is 12.1 Å². The number of anilines is 1. The molecule has 5 nitrogen and oxygen atoms in total. The lowest BCUT2D eigenvalue weighted by atomic mass is 9.96. The van der Waals surface area contributed by atoms with Crippen LogP contribution in [-0.4, -0.2) is 25.6 Å². The lowest BCUT2D eigenvalue weighted by Gasteiger charge is -2.24. The number of ether oxygens (including phenoxy) is 2. The predicted octanol–water partition coefficient (Wildman–Crippen LogP) is 3.32. The van der Waals surface area contributed by atoms with Crippen LogP contribution in [0.5, 0.6) is 5.75 Å². The van der Waals surface area contributed by atoms with Crippen molar-refractivity contribution in [3.63, 3.8) is 0 Å². The molecule has 0 saturated heterocycles. The fraction of sp³-hybridized carbons (Fsp3) is 0.222. The van der Waals surface area contributed by atoms with Gasteiger partial charge in [0.05, 0.1) is 23.6 Å². The van der Waals surface area contributed by atoms with E-state index >= 15 is 0 Å². The summed E-state index contributed by atoms with van der Waals surface area (Å²) in [5.41, 5.74) is 1.71. The van der Waals surface area contributed by atoms with Crippen molar-refractivity contribution in [3.05, 3.63) is 58.6 Å². The molecule has 1 unspecified atom stereocenters. The van der Waals surface area contributed by atoms with E-state index in [0.29, 0.717) is 18.7 Å². The van der Waals surface area contributed by atoms with Gasteiger partial charge in [0.1, 0.15) is 12.4 Å². The number of rotatable bonds is 3. The fourth-order valence-corrected chi connectivity index (χ4v) is 2.80. The Kier molecular flexibility index (Phi) is 4.71. The minimum Gasteiger partial charge on any atom is -0.492 e. The van der Waals surface area contributed by atoms with Crippen molar-refractivity contribution in [3.8, 4) is 5.75 Å². The maximum absolute atomic E-state index is 12.5. The summed E-state index contributed by atoms with van der Waals surface area (Å²) in [6, 6.07) is 12.4. The molecule has 0 aromatic heterocycles. The van der Waals surface area contributed by atoms with Crippen molar-refractivity contribution in [1.82, 2.24) is 0 Å². The maximum Gasteiger partial charge on any atom is 0.339 e. The van der Waals surface area contributed by atoms with Crippen LogP contribution in [0, 0.1) is 5.92 Å². The summed E-state index contributed by atoms with van der Waals surface area (Å²) in [6.45, 7) is 0.320. The maximum atomic E-state index is 12.5. The van der Waals surface area contributed by atoms with E-state index in [1.807, 2.05) is 24.3 Å². The zero-order valence-electron chi connectivity index (χ0n) is 13.0. The Morgan fingerprint density at radius 1 is 1.25 bits per heavy atom. The third kappa shape index (κ3) is 3.36. The van der Waals surface area contributed by atoms with Gasteiger partial charge in [-0.05, 0) is 36.2 Å². The molecule has 0 spiro atoms. The summed E-state index contributed by atoms with van der Waals surface area (Å²) in [5.74, 6) is -0.188. The number of hydrogen-bond donors (Lipinski definition) is 1. The molecule has 1 aliphatic rings. The van der Waals surface area contributed by atoms with Gasteiger partial charge in [0.15, 0.2) is 0 Å². The molecule has 6 heteroatoms. The van der Waals surface area contributed by atoms with Crippen LogP contribution in [0.1, 0.15) is 15.9 Å². The van der Waals surface area contributed by atoms with Crippen molar-refractivity contribution in [2.24, 2.45) is 5.92 Å². The Bertz CT molecular complexity index is 790. The number of carbonyl (C=O) groups is 2. The number of halogens is 1. The van der Waals surface area contributed by atoms with Gasteiger partial charge < -0.3 is 14.8 Å². The lowest BCUT2D eigenvalue weighted by molar-refractivity contribution is -0.121. The van der Waals surface area contributed by atoms with Crippen LogP contribution < -0.4 is 10.1 Å². The third-order valence-electron chi connectivity index (χ3n) is 3.89. The number of para-hydroxylation sites is 1. The monoisotopic (exact) mass is 345 g/mol. The van der Waals surface area contributed by atoms with Crippen molar-refractivity contribution < 1.29 is 19.1 Å². The van der Waals surface area contributed by atoms with Crippen LogP contribution in [0.3, 0.4) is 0 Å². The van der Waals surface area contributed by atoms with E-state index in [1.165, 1.54) is 13.2 Å². The standard InChI is InChI=1S/C18H16ClNO4/c1-23-18(22)14-9-13(6-7-15(14)19)20-17(21)12-8-11-4-2-3-5-16(11)24-10-12/h2-7,9,12H,8,10H2,1H3,(H,20,21). The second-order valence-electron chi connectivity index (χ2n) is 5.50. The van der Waals surface area contributed by atoms with Gasteiger partial charge in [-0.1, -0.05) is 29.8 Å². The molecule has 1 atom stereocenters. The van der Waals surface area contributed by atoms with Crippen LogP contribution in [0.25, 0.3) is 0 Å². The number of hydrogen-bond acceptors (Lipinski definition) is 4. The van der Waals surface area contributed by atoms with Gasteiger partial charge >= 0.3 is 5.97 Å². The quantitative estimate of drug-likeness (QED) is 0.867. The topological polar surface area (TPSA) is 64.6 Å². The fourth-order valence-electron chi connectivity index (χ4n) is 2.61. The Hall–Kier alpha value is -2.53. The number of nitrogens with one attached hydrogen (secondary N) is 1. The van der Waals surface area contributed by atoms with E-state index in [2.05, 4.69) is 10.1 Å². The van der Waals surface area contributed by atoms with E-state index in [-0.39, 0.29) is 22.4 Å². The SMILES string of the molecule is COC(=O)c1cc(NC(=O)C2COc3ccccc3C2)ccc1Cl. The number of carbonyl (C=O) groups excluding carboxylic acids is 2. The number of benzene rings is 2. The molecule has 24 heavy (non-hydrogen) atoms. The molecular weight excluding hydrogens is 330 g/mol. The van der Waals surface area contributed by atoms with Crippen LogP contribution in [0.2, 0.25) is 5.02 Å². The minimum atomic E-state index is -0.550. The van der Waals surface area contributed by atoms with Crippen molar-refractivity contribution >= 4 is 29.2 Å². The van der Waals surface area contributed by atoms with Crippen LogP contribution >= 0.6 is 11.6 Å². The van der Waals surface area contributed by atoms with E-state index < -0.39 is 5.97 Å². The number of fused-ring (bicyclic) bond motifs is 1. The molecule has 1 aliphatic heterocycles. The second kappa shape index (κ2) is 6.93. The van der Waals surface area contributed by atoms with Gasteiger partial charge in [0.25, 0.3) is 0 Å². The molecule has 124 valence electrons. The Balaban J connectivity index is 1.73. The van der Waals surface area contributed by atoms with Gasteiger partial charge in [-0.15, -0.1) is 0 Å². The molecule has 3 rings (SSSR count). The molecule has 0 fully saturated rings. The average molecular weight is 346 g/mol. The number of amides is 1. The molecule has 1 N–H and O–H groups in total. The first-order chi connectivity index (χ1) is 11.6. The van der Waals surface area contributed by atoms with Crippen LogP contribution in [-0.2, 0) is 16.0 Å². The van der Waals surface area contributed by atoms with Gasteiger partial charge in [0, 0.05) is 5.69 Å². The number of esters is 1. The first-order valence-electron chi connectivity index (χ1n) is 7.48. The normalized spacial score (nSPS) is 15.8. The molecule has 0 aliphatic carbocycles. The molecular formula is C18H16ClNO4. The van der Waals surface area contributed by atoms with Crippen LogP contribution in [0.15, 0.2) is 42.5 Å². The highest BCUT2D eigenvalue weighted by Gasteiger charge is 2.26. The highest BCUT2D eigenvalue weighted by atomic mass is 35.5. The summed E-state index contributed by atoms with van der Waals surface area (Å²) in [6.07, 6.45) is 0.611. The molecule has 0 bridgehead atoms. The average Bonchev–Trinajstić information content (AvgIpc) is 2.62. The van der Waals surface area contributed by atoms with E-state index in [9.17, 15) is 9.59 Å². The third-order valence-corrected chi connectivity index (χ3v) is 4.22. The summed E-state index contributed by atoms with van der Waals surface area (Å²) in [7, 11) is 1.28. The Morgan fingerprint density at radius 3 is 2.83 bits per heavy atom. The predicted molar refractivity (Wildman–Crippen MR) is 90.6 cm³/mol. The zero-order chi connectivity index (χ0) is 17.1. The summed E-state index contributed by atoms with van der Waals surface area (Å²) >= 11 is 5.98. The summed E-state index contributed by atoms with van der Waals surface area (Å²) in [5, 5.41) is 3.08. The summed E-state index contributed by atoms with van der Waals surface area (Å²) in [4.78, 5) is 24.1. The largest absolute Gasteiger partial charge is 0.492 e. The lowest BCUT2D eigenvalue weighted by Crippen LogP contribution is -2.32. The molecule has 1 amide bonds. The molecule has 0 saturated carbocycles. The molecule has 1 heterocycles. The van der Waals surface area contributed by atoms with Crippen molar-refractivity contribution in [1.29, 1.82) is 0 Å². The Morgan fingerprint density at radius 2 is 2.04 bits per heavy atom. The molecule has 2 aromatic carbocycles. The first-order valence-corrected chi connectivity index (χ1v) is 7.85. The van der Waals surface area contributed by atoms with Crippen LogP contribution in [0.4, 0.5) is 5.69 Å². The van der Waals surface area contributed by atoms with Crippen molar-refractivity contribution in [2.75, 3.05) is 19.0 Å².